The quantitative estimate of drug-likeness (QED) is 0.737. The Morgan fingerprint density at radius 1 is 1.15 bits per heavy atom. The predicted octanol–water partition coefficient (Wildman–Crippen LogP) is 3.02. The number of urea groups is 1. The molecule has 1 aromatic rings. The van der Waals surface area contributed by atoms with Gasteiger partial charge in [0.2, 0.25) is 0 Å². The number of amides is 2. The number of rotatable bonds is 6. The molecule has 0 aromatic heterocycles. The molecular weight excluding hydrogens is 356 g/mol. The molecule has 0 aliphatic heterocycles. The van der Waals surface area contributed by atoms with Crippen molar-refractivity contribution in [3.8, 4) is 0 Å². The zero-order valence-electron chi connectivity index (χ0n) is 15.2. The van der Waals surface area contributed by atoms with E-state index in [4.69, 9.17) is 4.74 Å². The number of hydrogen-bond acceptors (Lipinski definition) is 5. The van der Waals surface area contributed by atoms with Crippen molar-refractivity contribution in [1.82, 2.24) is 10.0 Å². The number of hydrogen-bond donors (Lipinski definition) is 2. The van der Waals surface area contributed by atoms with E-state index in [1.165, 1.54) is 12.1 Å². The number of nitrogens with one attached hydrogen (secondary N) is 2. The number of esters is 1. The summed E-state index contributed by atoms with van der Waals surface area (Å²) in [7, 11) is -3.95. The third kappa shape index (κ3) is 5.72. The Morgan fingerprint density at radius 2 is 1.77 bits per heavy atom. The van der Waals surface area contributed by atoms with Crippen LogP contribution in [0, 0.1) is 0 Å². The minimum absolute atomic E-state index is 0.0194. The first kappa shape index (κ1) is 20.2. The van der Waals surface area contributed by atoms with Crippen molar-refractivity contribution in [2.75, 3.05) is 0 Å². The fraction of sp³-hybridized carbons (Fsp3) is 0.556. The fourth-order valence-corrected chi connectivity index (χ4v) is 3.82. The molecule has 1 unspecified atom stereocenters. The van der Waals surface area contributed by atoms with Crippen LogP contribution in [-0.2, 0) is 19.6 Å². The van der Waals surface area contributed by atoms with Crippen LogP contribution in [0.1, 0.15) is 64.0 Å². The topological polar surface area (TPSA) is 102 Å². The number of carbonyl (C=O) groups is 2. The maximum absolute atomic E-state index is 12.3. The lowest BCUT2D eigenvalue weighted by atomic mass is 9.96. The van der Waals surface area contributed by atoms with Crippen LogP contribution in [0.2, 0.25) is 0 Å². The van der Waals surface area contributed by atoms with Crippen LogP contribution in [0.5, 0.6) is 0 Å². The van der Waals surface area contributed by atoms with Crippen molar-refractivity contribution in [2.24, 2.45) is 0 Å². The minimum atomic E-state index is -3.95. The van der Waals surface area contributed by atoms with E-state index in [1.807, 2.05) is 4.72 Å². The smallest absolute Gasteiger partial charge is 0.328 e. The van der Waals surface area contributed by atoms with Gasteiger partial charge in [0, 0.05) is 12.5 Å². The first-order chi connectivity index (χ1) is 12.3. The van der Waals surface area contributed by atoms with Gasteiger partial charge in [-0.1, -0.05) is 38.3 Å². The number of benzene rings is 1. The normalized spacial score (nSPS) is 16.5. The molecule has 8 heteroatoms. The van der Waals surface area contributed by atoms with Gasteiger partial charge in [0.05, 0.1) is 4.90 Å². The van der Waals surface area contributed by atoms with Crippen LogP contribution in [0.15, 0.2) is 29.2 Å². The van der Waals surface area contributed by atoms with Crippen LogP contribution in [0.4, 0.5) is 4.79 Å². The van der Waals surface area contributed by atoms with E-state index in [-0.39, 0.29) is 23.3 Å². The Bertz CT molecular complexity index is 724. The highest BCUT2D eigenvalue weighted by Gasteiger charge is 2.21. The molecule has 26 heavy (non-hydrogen) atoms. The highest BCUT2D eigenvalue weighted by molar-refractivity contribution is 7.90. The highest BCUT2D eigenvalue weighted by atomic mass is 32.2. The predicted molar refractivity (Wildman–Crippen MR) is 97.0 cm³/mol. The van der Waals surface area contributed by atoms with E-state index >= 15 is 0 Å². The summed E-state index contributed by atoms with van der Waals surface area (Å²) in [5.41, 5.74) is 0.678. The maximum atomic E-state index is 12.3. The van der Waals surface area contributed by atoms with Gasteiger partial charge in [-0.15, -0.1) is 0 Å². The van der Waals surface area contributed by atoms with Crippen molar-refractivity contribution >= 4 is 22.0 Å². The monoisotopic (exact) mass is 382 g/mol. The first-order valence-electron chi connectivity index (χ1n) is 8.94. The molecule has 0 bridgehead atoms. The second kappa shape index (κ2) is 9.02. The van der Waals surface area contributed by atoms with Gasteiger partial charge in [0.15, 0.2) is 0 Å². The Hall–Kier alpha value is -2.09. The van der Waals surface area contributed by atoms with Crippen molar-refractivity contribution < 1.29 is 22.7 Å². The summed E-state index contributed by atoms with van der Waals surface area (Å²) in [6.07, 6.45) is 4.78. The standard InChI is InChI=1S/C18H26N2O5S/c1-3-17(21)25-13(2)14-9-11-16(12-10-14)26(23,24)20-18(22)19-15-7-5-4-6-8-15/h9-13,15H,3-8H2,1-2H3,(H2,19,20,22). The van der Waals surface area contributed by atoms with Gasteiger partial charge in [-0.25, -0.2) is 17.9 Å². The van der Waals surface area contributed by atoms with E-state index in [1.54, 1.807) is 26.0 Å². The van der Waals surface area contributed by atoms with Gasteiger partial charge >= 0.3 is 12.0 Å². The molecular formula is C18H26N2O5S. The summed E-state index contributed by atoms with van der Waals surface area (Å²) in [4.78, 5) is 23.3. The molecule has 1 atom stereocenters. The molecule has 0 spiro atoms. The van der Waals surface area contributed by atoms with E-state index < -0.39 is 22.2 Å². The molecule has 1 aliphatic rings. The summed E-state index contributed by atoms with van der Waals surface area (Å²) in [5.74, 6) is -0.324. The van der Waals surface area contributed by atoms with Gasteiger partial charge in [-0.3, -0.25) is 4.79 Å². The van der Waals surface area contributed by atoms with Crippen molar-refractivity contribution in [2.45, 2.75) is 69.4 Å². The molecule has 2 amide bonds. The zero-order chi connectivity index (χ0) is 19.2. The summed E-state index contributed by atoms with van der Waals surface area (Å²) in [5, 5.41) is 2.72. The first-order valence-corrected chi connectivity index (χ1v) is 10.4. The van der Waals surface area contributed by atoms with Crippen LogP contribution in [-0.4, -0.2) is 26.5 Å². The molecule has 144 valence electrons. The largest absolute Gasteiger partial charge is 0.458 e. The lowest BCUT2D eigenvalue weighted by Crippen LogP contribution is -2.45. The SMILES string of the molecule is CCC(=O)OC(C)c1ccc(S(=O)(=O)NC(=O)NC2CCCCC2)cc1. The van der Waals surface area contributed by atoms with Crippen molar-refractivity contribution in [1.29, 1.82) is 0 Å². The van der Waals surface area contributed by atoms with Gasteiger partial charge in [-0.2, -0.15) is 0 Å². The summed E-state index contributed by atoms with van der Waals surface area (Å²) in [6, 6.07) is 5.24. The number of sulfonamides is 1. The highest BCUT2D eigenvalue weighted by Crippen LogP contribution is 2.20. The van der Waals surface area contributed by atoms with E-state index in [0.29, 0.717) is 5.56 Å². The molecule has 2 N–H and O–H groups in total. The lowest BCUT2D eigenvalue weighted by Gasteiger charge is -2.22. The summed E-state index contributed by atoms with van der Waals surface area (Å²) in [6.45, 7) is 3.42. The second-order valence-electron chi connectivity index (χ2n) is 6.47. The fourth-order valence-electron chi connectivity index (χ4n) is 2.91. The zero-order valence-corrected chi connectivity index (χ0v) is 16.0. The molecule has 0 saturated heterocycles. The van der Waals surface area contributed by atoms with E-state index in [9.17, 15) is 18.0 Å². The Kier molecular flexibility index (Phi) is 7.02. The Morgan fingerprint density at radius 3 is 2.35 bits per heavy atom. The number of ether oxygens (including phenoxy) is 1. The van der Waals surface area contributed by atoms with Crippen molar-refractivity contribution in [3.63, 3.8) is 0 Å². The van der Waals surface area contributed by atoms with Crippen LogP contribution >= 0.6 is 0 Å². The molecule has 1 saturated carbocycles. The second-order valence-corrected chi connectivity index (χ2v) is 8.15. The summed E-state index contributed by atoms with van der Waals surface area (Å²) < 4.78 is 31.9. The average molecular weight is 382 g/mol. The minimum Gasteiger partial charge on any atom is -0.458 e. The van der Waals surface area contributed by atoms with Gasteiger partial charge in [0.1, 0.15) is 6.10 Å². The molecule has 7 nitrogen and oxygen atoms in total. The summed E-state index contributed by atoms with van der Waals surface area (Å²) >= 11 is 0. The van der Waals surface area contributed by atoms with Gasteiger partial charge in [0.25, 0.3) is 10.0 Å². The van der Waals surface area contributed by atoms with Gasteiger partial charge in [-0.05, 0) is 37.5 Å². The third-order valence-corrected chi connectivity index (χ3v) is 5.77. The third-order valence-electron chi connectivity index (χ3n) is 4.42. The van der Waals surface area contributed by atoms with E-state index in [2.05, 4.69) is 5.32 Å². The van der Waals surface area contributed by atoms with Crippen molar-refractivity contribution in [3.05, 3.63) is 29.8 Å². The van der Waals surface area contributed by atoms with Crippen LogP contribution in [0.3, 0.4) is 0 Å². The molecule has 0 radical (unpaired) electrons. The maximum Gasteiger partial charge on any atom is 0.328 e. The molecule has 1 aliphatic carbocycles. The van der Waals surface area contributed by atoms with Crippen LogP contribution < -0.4 is 10.0 Å². The molecule has 1 fully saturated rings. The molecule has 1 aromatic carbocycles. The lowest BCUT2D eigenvalue weighted by molar-refractivity contribution is -0.148. The molecule has 2 rings (SSSR count). The Labute approximate surface area is 154 Å². The number of carbonyl (C=O) groups excluding carboxylic acids is 2. The molecule has 0 heterocycles. The van der Waals surface area contributed by atoms with E-state index in [0.717, 1.165) is 32.1 Å². The average Bonchev–Trinajstić information content (AvgIpc) is 2.62. The Balaban J connectivity index is 1.97. The van der Waals surface area contributed by atoms with Crippen LogP contribution in [0.25, 0.3) is 0 Å². The van der Waals surface area contributed by atoms with Gasteiger partial charge < -0.3 is 10.1 Å².